The predicted octanol–water partition coefficient (Wildman–Crippen LogP) is 2.48. The van der Waals surface area contributed by atoms with Crippen molar-refractivity contribution in [2.45, 2.75) is 25.6 Å². The molecule has 1 aromatic rings. The van der Waals surface area contributed by atoms with Gasteiger partial charge in [-0.25, -0.2) is 0 Å². The van der Waals surface area contributed by atoms with E-state index in [4.69, 9.17) is 5.11 Å². The van der Waals surface area contributed by atoms with Gasteiger partial charge in [-0.2, -0.15) is 13.2 Å². The highest BCUT2D eigenvalue weighted by Gasteiger charge is 2.27. The molecule has 0 aromatic heterocycles. The Labute approximate surface area is 92.1 Å². The minimum atomic E-state index is -4.18. The van der Waals surface area contributed by atoms with Crippen molar-refractivity contribution in [3.8, 4) is 5.75 Å². The number of alkyl halides is 3. The maximum atomic E-state index is 11.9. The molecule has 1 unspecified atom stereocenters. The first-order valence-corrected chi connectivity index (χ1v) is 4.95. The molecule has 1 aromatic carbocycles. The standard InChI is InChI=1S/C11H14F3NO/c1-8(15-7-11(12,13)14)6-9-2-4-10(16)5-3-9/h2-5,8,15-16H,6-7H2,1H3. The van der Waals surface area contributed by atoms with Gasteiger partial charge in [0.2, 0.25) is 0 Å². The van der Waals surface area contributed by atoms with Crippen molar-refractivity contribution in [3.63, 3.8) is 0 Å². The van der Waals surface area contributed by atoms with E-state index in [0.717, 1.165) is 5.56 Å². The number of rotatable bonds is 4. The van der Waals surface area contributed by atoms with Gasteiger partial charge in [0, 0.05) is 6.04 Å². The summed E-state index contributed by atoms with van der Waals surface area (Å²) in [5.74, 6) is 0.152. The zero-order valence-corrected chi connectivity index (χ0v) is 8.88. The van der Waals surface area contributed by atoms with Gasteiger partial charge >= 0.3 is 6.18 Å². The molecule has 0 heterocycles. The Bertz CT molecular complexity index is 321. The molecule has 16 heavy (non-hydrogen) atoms. The normalized spacial score (nSPS) is 13.8. The summed E-state index contributed by atoms with van der Waals surface area (Å²) in [5.41, 5.74) is 0.889. The van der Waals surface area contributed by atoms with Crippen LogP contribution in [0.25, 0.3) is 0 Å². The summed E-state index contributed by atoms with van der Waals surface area (Å²) in [5, 5.41) is 11.4. The minimum absolute atomic E-state index is 0.152. The van der Waals surface area contributed by atoms with Crippen molar-refractivity contribution < 1.29 is 18.3 Å². The van der Waals surface area contributed by atoms with Crippen molar-refractivity contribution in [3.05, 3.63) is 29.8 Å². The van der Waals surface area contributed by atoms with Crippen LogP contribution < -0.4 is 5.32 Å². The number of hydrogen-bond donors (Lipinski definition) is 2. The summed E-state index contributed by atoms with van der Waals surface area (Å²) in [7, 11) is 0. The third-order valence-electron chi connectivity index (χ3n) is 2.13. The zero-order valence-electron chi connectivity index (χ0n) is 8.88. The molecule has 1 atom stereocenters. The van der Waals surface area contributed by atoms with E-state index in [1.165, 1.54) is 12.1 Å². The number of halogens is 3. The van der Waals surface area contributed by atoms with E-state index in [9.17, 15) is 13.2 Å². The van der Waals surface area contributed by atoms with E-state index in [-0.39, 0.29) is 11.8 Å². The second-order valence-corrected chi connectivity index (χ2v) is 3.77. The fourth-order valence-corrected chi connectivity index (χ4v) is 1.35. The lowest BCUT2D eigenvalue weighted by molar-refractivity contribution is -0.126. The maximum absolute atomic E-state index is 11.9. The van der Waals surface area contributed by atoms with E-state index in [1.807, 2.05) is 0 Å². The van der Waals surface area contributed by atoms with E-state index >= 15 is 0 Å². The number of nitrogens with one attached hydrogen (secondary N) is 1. The van der Waals surface area contributed by atoms with Crippen LogP contribution in [0.1, 0.15) is 12.5 Å². The monoisotopic (exact) mass is 233 g/mol. The summed E-state index contributed by atoms with van der Waals surface area (Å²) in [6, 6.07) is 6.17. The quantitative estimate of drug-likeness (QED) is 0.837. The van der Waals surface area contributed by atoms with Crippen LogP contribution in [0.5, 0.6) is 5.75 Å². The second kappa shape index (κ2) is 5.21. The molecule has 0 bridgehead atoms. The van der Waals surface area contributed by atoms with E-state index in [1.54, 1.807) is 19.1 Å². The number of hydrogen-bond acceptors (Lipinski definition) is 2. The minimum Gasteiger partial charge on any atom is -0.508 e. The van der Waals surface area contributed by atoms with Gasteiger partial charge in [-0.3, -0.25) is 0 Å². The lowest BCUT2D eigenvalue weighted by Gasteiger charge is -2.15. The van der Waals surface area contributed by atoms with Crippen LogP contribution in [0.15, 0.2) is 24.3 Å². The molecule has 5 heteroatoms. The first-order chi connectivity index (χ1) is 7.37. The van der Waals surface area contributed by atoms with Gasteiger partial charge in [0.25, 0.3) is 0 Å². The maximum Gasteiger partial charge on any atom is 0.401 e. The van der Waals surface area contributed by atoms with Crippen molar-refractivity contribution >= 4 is 0 Å². The highest BCUT2D eigenvalue weighted by molar-refractivity contribution is 5.26. The van der Waals surface area contributed by atoms with Gasteiger partial charge in [0.1, 0.15) is 5.75 Å². The molecule has 1 rings (SSSR count). The molecule has 0 aliphatic carbocycles. The fraction of sp³-hybridized carbons (Fsp3) is 0.455. The van der Waals surface area contributed by atoms with Crippen LogP contribution in [-0.2, 0) is 6.42 Å². The lowest BCUT2D eigenvalue weighted by atomic mass is 10.1. The number of phenolic OH excluding ortho intramolecular Hbond substituents is 1. The Morgan fingerprint density at radius 3 is 2.31 bits per heavy atom. The van der Waals surface area contributed by atoms with Crippen molar-refractivity contribution in [1.82, 2.24) is 5.32 Å². The molecule has 0 spiro atoms. The molecule has 90 valence electrons. The Balaban J connectivity index is 2.39. The average molecular weight is 233 g/mol. The fourth-order valence-electron chi connectivity index (χ4n) is 1.35. The molecule has 0 saturated carbocycles. The predicted molar refractivity (Wildman–Crippen MR) is 55.3 cm³/mol. The second-order valence-electron chi connectivity index (χ2n) is 3.77. The van der Waals surface area contributed by atoms with Crippen LogP contribution in [0.3, 0.4) is 0 Å². The summed E-state index contributed by atoms with van der Waals surface area (Å²) in [6.07, 6.45) is -3.68. The molecule has 2 N–H and O–H groups in total. The SMILES string of the molecule is CC(Cc1ccc(O)cc1)NCC(F)(F)F. The number of phenols is 1. The molecule has 2 nitrogen and oxygen atoms in total. The molecule has 0 radical (unpaired) electrons. The summed E-state index contributed by atoms with van der Waals surface area (Å²) in [4.78, 5) is 0. The average Bonchev–Trinajstić information content (AvgIpc) is 2.18. The highest BCUT2D eigenvalue weighted by Crippen LogP contribution is 2.14. The Morgan fingerprint density at radius 1 is 1.25 bits per heavy atom. The van der Waals surface area contributed by atoms with Crippen LogP contribution in [0.4, 0.5) is 13.2 Å². The third kappa shape index (κ3) is 5.02. The molecule has 0 fully saturated rings. The topological polar surface area (TPSA) is 32.3 Å². The van der Waals surface area contributed by atoms with Crippen molar-refractivity contribution in [1.29, 1.82) is 0 Å². The molecular weight excluding hydrogens is 219 g/mol. The Morgan fingerprint density at radius 2 is 1.81 bits per heavy atom. The van der Waals surface area contributed by atoms with Crippen LogP contribution in [-0.4, -0.2) is 23.9 Å². The molecular formula is C11H14F3NO. The molecule has 0 saturated heterocycles. The van der Waals surface area contributed by atoms with Gasteiger partial charge < -0.3 is 10.4 Å². The first-order valence-electron chi connectivity index (χ1n) is 4.95. The first kappa shape index (κ1) is 12.8. The Kier molecular flexibility index (Phi) is 4.18. The van der Waals surface area contributed by atoms with E-state index in [0.29, 0.717) is 6.42 Å². The third-order valence-corrected chi connectivity index (χ3v) is 2.13. The largest absolute Gasteiger partial charge is 0.508 e. The zero-order chi connectivity index (χ0) is 12.2. The smallest absolute Gasteiger partial charge is 0.401 e. The summed E-state index contributed by atoms with van der Waals surface area (Å²) < 4.78 is 35.7. The number of aromatic hydroxyl groups is 1. The van der Waals surface area contributed by atoms with Crippen LogP contribution in [0, 0.1) is 0 Å². The lowest BCUT2D eigenvalue weighted by Crippen LogP contribution is -2.36. The van der Waals surface area contributed by atoms with Crippen LogP contribution >= 0.6 is 0 Å². The van der Waals surface area contributed by atoms with E-state index in [2.05, 4.69) is 5.32 Å². The highest BCUT2D eigenvalue weighted by atomic mass is 19.4. The van der Waals surface area contributed by atoms with E-state index < -0.39 is 12.7 Å². The molecule has 0 amide bonds. The molecule has 0 aliphatic heterocycles. The summed E-state index contributed by atoms with van der Waals surface area (Å²) in [6.45, 7) is 0.713. The Hall–Kier alpha value is -1.23. The van der Waals surface area contributed by atoms with Crippen molar-refractivity contribution in [2.75, 3.05) is 6.54 Å². The van der Waals surface area contributed by atoms with Gasteiger partial charge in [0.05, 0.1) is 6.54 Å². The van der Waals surface area contributed by atoms with Gasteiger partial charge in [-0.1, -0.05) is 12.1 Å². The van der Waals surface area contributed by atoms with Gasteiger partial charge in [-0.15, -0.1) is 0 Å². The van der Waals surface area contributed by atoms with Crippen molar-refractivity contribution in [2.24, 2.45) is 0 Å². The van der Waals surface area contributed by atoms with Crippen LogP contribution in [0.2, 0.25) is 0 Å². The number of benzene rings is 1. The van der Waals surface area contributed by atoms with Gasteiger partial charge in [-0.05, 0) is 31.0 Å². The van der Waals surface area contributed by atoms with Gasteiger partial charge in [0.15, 0.2) is 0 Å². The molecule has 0 aliphatic rings. The summed E-state index contributed by atoms with van der Waals surface area (Å²) >= 11 is 0.